The van der Waals surface area contributed by atoms with Crippen molar-refractivity contribution in [3.05, 3.63) is 16.4 Å². The number of aromatic nitrogens is 2. The first-order chi connectivity index (χ1) is 7.03. The van der Waals surface area contributed by atoms with E-state index >= 15 is 0 Å². The average Bonchev–Trinajstić information content (AvgIpc) is 2.52. The van der Waals surface area contributed by atoms with Gasteiger partial charge in [0.1, 0.15) is 5.60 Å². The first-order valence-corrected chi connectivity index (χ1v) is 6.22. The fourth-order valence-electron chi connectivity index (χ4n) is 2.41. The smallest absolute Gasteiger partial charge is 0.107 e. The highest BCUT2D eigenvalue weighted by atomic mass is 79.9. The van der Waals surface area contributed by atoms with Crippen molar-refractivity contribution < 1.29 is 5.11 Å². The maximum Gasteiger partial charge on any atom is 0.107 e. The summed E-state index contributed by atoms with van der Waals surface area (Å²) in [5.41, 5.74) is 0.241. The highest BCUT2D eigenvalue weighted by Crippen LogP contribution is 2.41. The van der Waals surface area contributed by atoms with Crippen LogP contribution < -0.4 is 0 Å². The second kappa shape index (κ2) is 3.91. The van der Waals surface area contributed by atoms with Gasteiger partial charge in [0.25, 0.3) is 0 Å². The van der Waals surface area contributed by atoms with E-state index in [1.807, 2.05) is 7.05 Å². The fraction of sp³-hybridized carbons (Fsp3) is 0.727. The molecule has 0 bridgehead atoms. The average molecular weight is 273 g/mol. The Kier molecular flexibility index (Phi) is 2.90. The van der Waals surface area contributed by atoms with E-state index in [-0.39, 0.29) is 0 Å². The summed E-state index contributed by atoms with van der Waals surface area (Å²) in [6.45, 7) is 2.25. The first kappa shape index (κ1) is 11.1. The summed E-state index contributed by atoms with van der Waals surface area (Å²) in [6, 6.07) is 0. The molecule has 1 fully saturated rings. The van der Waals surface area contributed by atoms with Crippen molar-refractivity contribution in [2.24, 2.45) is 13.0 Å². The number of nitrogens with zero attached hydrogens (tertiary/aromatic N) is 2. The van der Waals surface area contributed by atoms with E-state index in [4.69, 9.17) is 0 Å². The Morgan fingerprint density at radius 1 is 1.53 bits per heavy atom. The van der Waals surface area contributed by atoms with E-state index in [1.165, 1.54) is 0 Å². The molecule has 1 aromatic rings. The number of rotatable bonds is 1. The number of aliphatic hydroxyl groups is 1. The Morgan fingerprint density at radius 3 is 2.60 bits per heavy atom. The lowest BCUT2D eigenvalue weighted by Crippen LogP contribution is -2.33. The van der Waals surface area contributed by atoms with Crippen LogP contribution in [-0.2, 0) is 12.6 Å². The van der Waals surface area contributed by atoms with Gasteiger partial charge in [-0.15, -0.1) is 0 Å². The molecule has 4 heteroatoms. The summed E-state index contributed by atoms with van der Waals surface area (Å²) in [7, 11) is 1.89. The zero-order valence-electron chi connectivity index (χ0n) is 9.20. The zero-order valence-corrected chi connectivity index (χ0v) is 10.8. The standard InChI is InChI=1S/C11H17BrN2O/c1-8-3-5-11(15,6-4-8)10-9(12)7-13-14(10)2/h7-8,15H,3-6H2,1-2H3. The van der Waals surface area contributed by atoms with E-state index in [1.54, 1.807) is 10.9 Å². The van der Waals surface area contributed by atoms with Gasteiger partial charge < -0.3 is 5.11 Å². The Hall–Kier alpha value is -0.350. The summed E-state index contributed by atoms with van der Waals surface area (Å²) in [5, 5.41) is 14.8. The molecule has 0 atom stereocenters. The van der Waals surface area contributed by atoms with Crippen LogP contribution in [-0.4, -0.2) is 14.9 Å². The second-order valence-corrected chi connectivity index (χ2v) is 5.53. The molecule has 1 aromatic heterocycles. The SMILES string of the molecule is CC1CCC(O)(c2c(Br)cnn2C)CC1. The molecule has 0 saturated heterocycles. The summed E-state index contributed by atoms with van der Waals surface area (Å²) in [4.78, 5) is 0. The topological polar surface area (TPSA) is 38.1 Å². The van der Waals surface area contributed by atoms with E-state index in [0.717, 1.165) is 41.8 Å². The number of halogens is 1. The summed E-state index contributed by atoms with van der Waals surface area (Å²) >= 11 is 3.46. The first-order valence-electron chi connectivity index (χ1n) is 5.43. The Labute approximate surface area is 98.6 Å². The van der Waals surface area contributed by atoms with E-state index in [0.29, 0.717) is 0 Å². The molecular weight excluding hydrogens is 256 g/mol. The van der Waals surface area contributed by atoms with Gasteiger partial charge in [0.05, 0.1) is 16.4 Å². The van der Waals surface area contributed by atoms with E-state index < -0.39 is 5.60 Å². The molecule has 0 aromatic carbocycles. The molecule has 15 heavy (non-hydrogen) atoms. The maximum atomic E-state index is 10.6. The van der Waals surface area contributed by atoms with Gasteiger partial charge in [-0.25, -0.2) is 0 Å². The molecule has 0 aliphatic heterocycles. The van der Waals surface area contributed by atoms with Crippen LogP contribution in [0.25, 0.3) is 0 Å². The van der Waals surface area contributed by atoms with Crippen molar-refractivity contribution >= 4 is 15.9 Å². The van der Waals surface area contributed by atoms with E-state index in [2.05, 4.69) is 28.0 Å². The Morgan fingerprint density at radius 2 is 2.13 bits per heavy atom. The highest BCUT2D eigenvalue weighted by Gasteiger charge is 2.37. The molecule has 0 amide bonds. The fourth-order valence-corrected chi connectivity index (χ4v) is 3.13. The van der Waals surface area contributed by atoms with Crippen molar-refractivity contribution in [3.63, 3.8) is 0 Å². The molecule has 2 rings (SSSR count). The molecule has 84 valence electrons. The zero-order chi connectivity index (χ0) is 11.1. The van der Waals surface area contributed by atoms with Gasteiger partial charge in [-0.1, -0.05) is 6.92 Å². The van der Waals surface area contributed by atoms with Gasteiger partial charge in [-0.3, -0.25) is 4.68 Å². The van der Waals surface area contributed by atoms with Crippen LogP contribution in [0.1, 0.15) is 38.3 Å². The minimum Gasteiger partial charge on any atom is -0.384 e. The van der Waals surface area contributed by atoms with Crippen LogP contribution in [0.2, 0.25) is 0 Å². The lowest BCUT2D eigenvalue weighted by atomic mass is 9.78. The highest BCUT2D eigenvalue weighted by molar-refractivity contribution is 9.10. The van der Waals surface area contributed by atoms with Gasteiger partial charge in [-0.2, -0.15) is 5.10 Å². The molecule has 1 saturated carbocycles. The van der Waals surface area contributed by atoms with Gasteiger partial charge >= 0.3 is 0 Å². The van der Waals surface area contributed by atoms with Crippen molar-refractivity contribution in [2.75, 3.05) is 0 Å². The predicted octanol–water partition coefficient (Wildman–Crippen LogP) is 2.58. The maximum absolute atomic E-state index is 10.6. The van der Waals surface area contributed by atoms with Crippen LogP contribution in [0, 0.1) is 5.92 Å². The third kappa shape index (κ3) is 1.97. The van der Waals surface area contributed by atoms with Crippen molar-refractivity contribution in [1.82, 2.24) is 9.78 Å². The number of hydrogen-bond acceptors (Lipinski definition) is 2. The predicted molar refractivity (Wildman–Crippen MR) is 62.4 cm³/mol. The molecule has 3 nitrogen and oxygen atoms in total. The largest absolute Gasteiger partial charge is 0.384 e. The van der Waals surface area contributed by atoms with Gasteiger partial charge in [-0.05, 0) is 47.5 Å². The molecule has 1 aliphatic rings. The van der Waals surface area contributed by atoms with Crippen LogP contribution >= 0.6 is 15.9 Å². The van der Waals surface area contributed by atoms with Crippen LogP contribution in [0.3, 0.4) is 0 Å². The normalized spacial score (nSPS) is 31.9. The summed E-state index contributed by atoms with van der Waals surface area (Å²) in [5.74, 6) is 0.734. The minimum absolute atomic E-state index is 0.684. The van der Waals surface area contributed by atoms with Crippen LogP contribution in [0.15, 0.2) is 10.7 Å². The Balaban J connectivity index is 2.30. The minimum atomic E-state index is -0.684. The van der Waals surface area contributed by atoms with Crippen LogP contribution in [0.5, 0.6) is 0 Å². The lowest BCUT2D eigenvalue weighted by molar-refractivity contribution is -0.0195. The molecule has 1 heterocycles. The molecule has 1 aliphatic carbocycles. The van der Waals surface area contributed by atoms with Gasteiger partial charge in [0, 0.05) is 7.05 Å². The number of hydrogen-bond donors (Lipinski definition) is 1. The number of aryl methyl sites for hydroxylation is 1. The van der Waals surface area contributed by atoms with Crippen molar-refractivity contribution in [2.45, 2.75) is 38.2 Å². The van der Waals surface area contributed by atoms with Crippen molar-refractivity contribution in [3.8, 4) is 0 Å². The third-order valence-corrected chi connectivity index (χ3v) is 4.02. The van der Waals surface area contributed by atoms with Crippen LogP contribution in [0.4, 0.5) is 0 Å². The summed E-state index contributed by atoms with van der Waals surface area (Å²) < 4.78 is 2.70. The molecule has 1 N–H and O–H groups in total. The molecule has 0 spiro atoms. The quantitative estimate of drug-likeness (QED) is 0.854. The monoisotopic (exact) mass is 272 g/mol. The lowest BCUT2D eigenvalue weighted by Gasteiger charge is -2.35. The summed E-state index contributed by atoms with van der Waals surface area (Å²) in [6.07, 6.45) is 5.62. The van der Waals surface area contributed by atoms with Gasteiger partial charge in [0.2, 0.25) is 0 Å². The Bertz CT molecular complexity index is 334. The second-order valence-electron chi connectivity index (χ2n) is 4.68. The molecular formula is C11H17BrN2O. The van der Waals surface area contributed by atoms with E-state index in [9.17, 15) is 5.11 Å². The van der Waals surface area contributed by atoms with Gasteiger partial charge in [0.15, 0.2) is 0 Å². The molecule has 0 unspecified atom stereocenters. The van der Waals surface area contributed by atoms with Crippen molar-refractivity contribution in [1.29, 1.82) is 0 Å². The molecule has 0 radical (unpaired) electrons. The third-order valence-electron chi connectivity index (χ3n) is 3.44.